The van der Waals surface area contributed by atoms with Gasteiger partial charge >= 0.3 is 5.63 Å². The number of thiophene rings is 1. The summed E-state index contributed by atoms with van der Waals surface area (Å²) in [5.41, 5.74) is 2.79. The summed E-state index contributed by atoms with van der Waals surface area (Å²) in [5.74, 6) is -0.457. The lowest BCUT2D eigenvalue weighted by atomic mass is 10.1. The van der Waals surface area contributed by atoms with E-state index in [0.29, 0.717) is 17.5 Å². The zero-order valence-corrected chi connectivity index (χ0v) is 16.3. The standard InChI is InChI=1S/C21H19N3O3S/c1-13-9-14(2)24(23-13)18(16-7-8-28-12-16)11-22-20(25)17-10-15-5-3-4-6-19(15)27-21(17)26/h3-10,12,18H,11H2,1-2H3,(H,22,25)/t18-/m1/s1. The highest BCUT2D eigenvalue weighted by Gasteiger charge is 2.20. The van der Waals surface area contributed by atoms with Gasteiger partial charge in [-0.15, -0.1) is 0 Å². The Hall–Kier alpha value is -3.19. The molecule has 0 radical (unpaired) electrons. The summed E-state index contributed by atoms with van der Waals surface area (Å²) in [6, 6.07) is 12.6. The Morgan fingerprint density at radius 1 is 1.25 bits per heavy atom. The Bertz CT molecular complexity index is 1190. The van der Waals surface area contributed by atoms with Crippen LogP contribution >= 0.6 is 11.3 Å². The number of carbonyl (C=O) groups excluding carboxylic acids is 1. The predicted molar refractivity (Wildman–Crippen MR) is 109 cm³/mol. The summed E-state index contributed by atoms with van der Waals surface area (Å²) in [6.45, 7) is 4.23. The molecule has 1 amide bonds. The molecule has 3 aromatic heterocycles. The lowest BCUT2D eigenvalue weighted by molar-refractivity contribution is 0.0945. The highest BCUT2D eigenvalue weighted by molar-refractivity contribution is 7.08. The van der Waals surface area contributed by atoms with E-state index in [0.717, 1.165) is 17.0 Å². The maximum atomic E-state index is 12.7. The van der Waals surface area contributed by atoms with Gasteiger partial charge < -0.3 is 9.73 Å². The molecular formula is C21H19N3O3S. The molecular weight excluding hydrogens is 374 g/mol. The number of nitrogens with one attached hydrogen (secondary N) is 1. The zero-order valence-electron chi connectivity index (χ0n) is 15.5. The molecule has 4 rings (SSSR count). The van der Waals surface area contributed by atoms with Crippen LogP contribution in [0.1, 0.15) is 33.4 Å². The Balaban J connectivity index is 1.61. The second-order valence-electron chi connectivity index (χ2n) is 6.64. The van der Waals surface area contributed by atoms with Crippen molar-refractivity contribution in [3.63, 3.8) is 0 Å². The van der Waals surface area contributed by atoms with E-state index in [4.69, 9.17) is 4.42 Å². The van der Waals surface area contributed by atoms with Gasteiger partial charge in [-0.25, -0.2) is 4.79 Å². The molecule has 6 nitrogen and oxygen atoms in total. The van der Waals surface area contributed by atoms with E-state index < -0.39 is 11.5 Å². The first-order chi connectivity index (χ1) is 13.5. The molecule has 1 aromatic carbocycles. The van der Waals surface area contributed by atoms with Crippen LogP contribution in [0.25, 0.3) is 11.0 Å². The maximum Gasteiger partial charge on any atom is 0.349 e. The van der Waals surface area contributed by atoms with Crippen LogP contribution in [0.2, 0.25) is 0 Å². The maximum absolute atomic E-state index is 12.7. The molecule has 0 aliphatic rings. The van der Waals surface area contributed by atoms with Gasteiger partial charge in [0.15, 0.2) is 0 Å². The van der Waals surface area contributed by atoms with E-state index in [1.165, 1.54) is 0 Å². The predicted octanol–water partition coefficient (Wildman–Crippen LogP) is 3.69. The Labute approximate surface area is 165 Å². The topological polar surface area (TPSA) is 77.1 Å². The van der Waals surface area contributed by atoms with Crippen molar-refractivity contribution in [3.8, 4) is 0 Å². The number of hydrogen-bond donors (Lipinski definition) is 1. The molecule has 0 aliphatic carbocycles. The highest BCUT2D eigenvalue weighted by Crippen LogP contribution is 2.22. The summed E-state index contributed by atoms with van der Waals surface area (Å²) >= 11 is 1.59. The fourth-order valence-electron chi connectivity index (χ4n) is 3.28. The minimum Gasteiger partial charge on any atom is -0.422 e. The molecule has 0 fully saturated rings. The molecule has 28 heavy (non-hydrogen) atoms. The van der Waals surface area contributed by atoms with E-state index >= 15 is 0 Å². The summed E-state index contributed by atoms with van der Waals surface area (Å²) in [4.78, 5) is 24.9. The number of hydrogen-bond acceptors (Lipinski definition) is 5. The van der Waals surface area contributed by atoms with E-state index in [2.05, 4.69) is 10.4 Å². The molecule has 0 saturated carbocycles. The smallest absolute Gasteiger partial charge is 0.349 e. The third-order valence-electron chi connectivity index (χ3n) is 4.61. The normalized spacial score (nSPS) is 12.2. The number of aromatic nitrogens is 2. The number of aryl methyl sites for hydroxylation is 2. The fraction of sp³-hybridized carbons (Fsp3) is 0.190. The van der Waals surface area contributed by atoms with Crippen LogP contribution in [0.3, 0.4) is 0 Å². The van der Waals surface area contributed by atoms with Crippen LogP contribution in [0.4, 0.5) is 0 Å². The third kappa shape index (κ3) is 3.48. The second kappa shape index (κ2) is 7.44. The minimum atomic E-state index is -0.644. The van der Waals surface area contributed by atoms with Gasteiger partial charge in [0, 0.05) is 17.6 Å². The van der Waals surface area contributed by atoms with Crippen molar-refractivity contribution in [1.29, 1.82) is 0 Å². The van der Waals surface area contributed by atoms with E-state index in [1.807, 2.05) is 47.5 Å². The van der Waals surface area contributed by atoms with Gasteiger partial charge in [0.05, 0.1) is 11.7 Å². The van der Waals surface area contributed by atoms with Crippen molar-refractivity contribution in [2.45, 2.75) is 19.9 Å². The van der Waals surface area contributed by atoms with Crippen LogP contribution in [-0.4, -0.2) is 22.2 Å². The summed E-state index contributed by atoms with van der Waals surface area (Å²) in [7, 11) is 0. The van der Waals surface area contributed by atoms with Gasteiger partial charge in [-0.05, 0) is 54.4 Å². The molecule has 7 heteroatoms. The third-order valence-corrected chi connectivity index (χ3v) is 5.31. The van der Waals surface area contributed by atoms with Gasteiger partial charge in [0.2, 0.25) is 0 Å². The molecule has 0 bridgehead atoms. The number of carbonyl (C=O) groups is 1. The van der Waals surface area contributed by atoms with E-state index in [-0.39, 0.29) is 11.6 Å². The minimum absolute atomic E-state index is 0.00358. The number of benzene rings is 1. The summed E-state index contributed by atoms with van der Waals surface area (Å²) in [6.07, 6.45) is 0. The number of amides is 1. The summed E-state index contributed by atoms with van der Waals surface area (Å²) < 4.78 is 7.17. The summed E-state index contributed by atoms with van der Waals surface area (Å²) in [5, 5.41) is 12.2. The largest absolute Gasteiger partial charge is 0.422 e. The molecule has 1 N–H and O–H groups in total. The van der Waals surface area contributed by atoms with Gasteiger partial charge in [-0.2, -0.15) is 16.4 Å². The Morgan fingerprint density at radius 3 is 2.79 bits per heavy atom. The lowest BCUT2D eigenvalue weighted by Gasteiger charge is -2.19. The van der Waals surface area contributed by atoms with Gasteiger partial charge in [0.25, 0.3) is 5.91 Å². The number of nitrogens with zero attached hydrogens (tertiary/aromatic N) is 2. The second-order valence-corrected chi connectivity index (χ2v) is 7.42. The molecule has 3 heterocycles. The SMILES string of the molecule is Cc1cc(C)n([C@H](CNC(=O)c2cc3ccccc3oc2=O)c2ccsc2)n1. The van der Waals surface area contributed by atoms with Crippen molar-refractivity contribution >= 4 is 28.2 Å². The number of fused-ring (bicyclic) bond motifs is 1. The molecule has 4 aromatic rings. The molecule has 0 spiro atoms. The Kier molecular flexibility index (Phi) is 4.83. The number of para-hydroxylation sites is 1. The highest BCUT2D eigenvalue weighted by atomic mass is 32.1. The first-order valence-corrected chi connectivity index (χ1v) is 9.83. The van der Waals surface area contributed by atoms with Crippen molar-refractivity contribution in [2.24, 2.45) is 0 Å². The Morgan fingerprint density at radius 2 is 2.07 bits per heavy atom. The molecule has 1 atom stereocenters. The van der Waals surface area contributed by atoms with Crippen LogP contribution in [-0.2, 0) is 0 Å². The first-order valence-electron chi connectivity index (χ1n) is 8.89. The van der Waals surface area contributed by atoms with Crippen LogP contribution in [0.15, 0.2) is 62.4 Å². The van der Waals surface area contributed by atoms with Gasteiger partial charge in [-0.3, -0.25) is 9.48 Å². The number of rotatable bonds is 5. The van der Waals surface area contributed by atoms with Crippen LogP contribution in [0.5, 0.6) is 0 Å². The van der Waals surface area contributed by atoms with Crippen LogP contribution < -0.4 is 10.9 Å². The van der Waals surface area contributed by atoms with Crippen LogP contribution in [0, 0.1) is 13.8 Å². The molecule has 0 aliphatic heterocycles. The van der Waals surface area contributed by atoms with E-state index in [9.17, 15) is 9.59 Å². The van der Waals surface area contributed by atoms with Crippen molar-refractivity contribution < 1.29 is 9.21 Å². The molecule has 142 valence electrons. The molecule has 0 saturated heterocycles. The van der Waals surface area contributed by atoms with E-state index in [1.54, 1.807) is 35.6 Å². The average Bonchev–Trinajstić information content (AvgIpc) is 3.31. The molecule has 0 unspecified atom stereocenters. The first kappa shape index (κ1) is 18.2. The average molecular weight is 393 g/mol. The quantitative estimate of drug-likeness (QED) is 0.525. The van der Waals surface area contributed by atoms with Crippen molar-refractivity contribution in [3.05, 3.63) is 86.2 Å². The zero-order chi connectivity index (χ0) is 19.7. The fourth-order valence-corrected chi connectivity index (χ4v) is 3.98. The van der Waals surface area contributed by atoms with Crippen molar-refractivity contribution in [1.82, 2.24) is 15.1 Å². The van der Waals surface area contributed by atoms with Gasteiger partial charge in [0.1, 0.15) is 11.1 Å². The van der Waals surface area contributed by atoms with Gasteiger partial charge in [-0.1, -0.05) is 18.2 Å². The van der Waals surface area contributed by atoms with Crippen molar-refractivity contribution in [2.75, 3.05) is 6.54 Å². The lowest BCUT2D eigenvalue weighted by Crippen LogP contribution is -2.34. The monoisotopic (exact) mass is 393 g/mol.